The first-order chi connectivity index (χ1) is 26.7. The molecule has 0 radical (unpaired) electrons. The van der Waals surface area contributed by atoms with Crippen LogP contribution in [0.3, 0.4) is 0 Å². The van der Waals surface area contributed by atoms with E-state index in [2.05, 4.69) is 97.1 Å². The summed E-state index contributed by atoms with van der Waals surface area (Å²) in [6.07, 6.45) is 0. The number of benzene rings is 8. The Bertz CT molecular complexity index is 3210. The third kappa shape index (κ3) is 4.94. The molecule has 0 aliphatic carbocycles. The van der Waals surface area contributed by atoms with E-state index in [0.717, 1.165) is 88.0 Å². The van der Waals surface area contributed by atoms with Gasteiger partial charge in [-0.1, -0.05) is 133 Å². The fraction of sp³-hybridized carbons (Fsp3) is 0. The van der Waals surface area contributed by atoms with Gasteiger partial charge in [-0.05, 0) is 63.7 Å². The predicted molar refractivity (Wildman–Crippen MR) is 216 cm³/mol. The molecule has 7 nitrogen and oxygen atoms in total. The second-order valence-corrected chi connectivity index (χ2v) is 13.4. The summed E-state index contributed by atoms with van der Waals surface area (Å²) in [5, 5.41) is 16.1. The molecule has 0 aliphatic rings. The number of aromatic nitrogens is 6. The summed E-state index contributed by atoms with van der Waals surface area (Å²) < 4.78 is 6.26. The minimum atomic E-state index is 0.581. The Morgan fingerprint density at radius 1 is 0.407 bits per heavy atom. The van der Waals surface area contributed by atoms with Crippen LogP contribution in [0.2, 0.25) is 0 Å². The number of hydrogen-bond acceptors (Lipinski definition) is 6. The smallest absolute Gasteiger partial charge is 0.164 e. The second kappa shape index (κ2) is 12.0. The highest BCUT2D eigenvalue weighted by Crippen LogP contribution is 2.38. The molecular formula is C47H28N6O. The minimum absolute atomic E-state index is 0.581. The van der Waals surface area contributed by atoms with Crippen LogP contribution in [0.25, 0.3) is 105 Å². The standard InChI is InChI=1S/C47H28N6O/c1-3-10-29(11-4-1)30-18-21-32(22-19-30)45-48-46(50-47(49-45)38-15-9-17-41-43(38)37-14-7-8-16-40(37)54-41)34-24-26-36-33(28-34)23-20-31-25-27-39-44(42(31)36)52-53(51-39)35-12-5-2-6-13-35/h1-28H. The van der Waals surface area contributed by atoms with Crippen molar-refractivity contribution in [2.45, 2.75) is 0 Å². The summed E-state index contributed by atoms with van der Waals surface area (Å²) in [5.74, 6) is 1.76. The summed E-state index contributed by atoms with van der Waals surface area (Å²) >= 11 is 0. The summed E-state index contributed by atoms with van der Waals surface area (Å²) in [5.41, 5.74) is 9.19. The lowest BCUT2D eigenvalue weighted by atomic mass is 9.99. The maximum absolute atomic E-state index is 6.26. The Morgan fingerprint density at radius 2 is 1.06 bits per heavy atom. The number of nitrogens with zero attached hydrogens (tertiary/aromatic N) is 6. The molecule has 7 heteroatoms. The van der Waals surface area contributed by atoms with Gasteiger partial charge in [0.15, 0.2) is 17.5 Å². The zero-order valence-electron chi connectivity index (χ0n) is 28.8. The lowest BCUT2D eigenvalue weighted by molar-refractivity contribution is 0.669. The van der Waals surface area contributed by atoms with Crippen LogP contribution in [0.4, 0.5) is 0 Å². The molecule has 11 rings (SSSR count). The van der Waals surface area contributed by atoms with Gasteiger partial charge < -0.3 is 4.42 Å². The third-order valence-corrected chi connectivity index (χ3v) is 10.1. The van der Waals surface area contributed by atoms with E-state index in [1.807, 2.05) is 72.8 Å². The van der Waals surface area contributed by atoms with Crippen LogP contribution in [0.1, 0.15) is 0 Å². The van der Waals surface area contributed by atoms with Gasteiger partial charge in [0.05, 0.1) is 5.69 Å². The van der Waals surface area contributed by atoms with Crippen molar-refractivity contribution in [3.63, 3.8) is 0 Å². The van der Waals surface area contributed by atoms with Gasteiger partial charge in [0.25, 0.3) is 0 Å². The number of para-hydroxylation sites is 2. The second-order valence-electron chi connectivity index (χ2n) is 13.4. The molecule has 0 saturated heterocycles. The van der Waals surface area contributed by atoms with Gasteiger partial charge in [0.1, 0.15) is 22.2 Å². The van der Waals surface area contributed by atoms with Crippen molar-refractivity contribution in [2.24, 2.45) is 0 Å². The van der Waals surface area contributed by atoms with Crippen LogP contribution in [0, 0.1) is 0 Å². The van der Waals surface area contributed by atoms with E-state index < -0.39 is 0 Å². The summed E-state index contributed by atoms with van der Waals surface area (Å²) in [6.45, 7) is 0. The summed E-state index contributed by atoms with van der Waals surface area (Å²) in [6, 6.07) is 57.8. The van der Waals surface area contributed by atoms with Gasteiger partial charge in [-0.2, -0.15) is 4.80 Å². The number of hydrogen-bond donors (Lipinski definition) is 0. The van der Waals surface area contributed by atoms with Crippen molar-refractivity contribution < 1.29 is 4.42 Å². The summed E-state index contributed by atoms with van der Waals surface area (Å²) in [7, 11) is 0. The Hall–Kier alpha value is -7.51. The van der Waals surface area contributed by atoms with Crippen LogP contribution in [-0.4, -0.2) is 29.9 Å². The maximum atomic E-state index is 6.26. The van der Waals surface area contributed by atoms with Gasteiger partial charge in [0, 0.05) is 32.8 Å². The van der Waals surface area contributed by atoms with E-state index in [1.165, 1.54) is 0 Å². The van der Waals surface area contributed by atoms with E-state index in [9.17, 15) is 0 Å². The molecule has 0 N–H and O–H groups in total. The molecule has 54 heavy (non-hydrogen) atoms. The number of fused-ring (bicyclic) bond motifs is 8. The van der Waals surface area contributed by atoms with Crippen molar-refractivity contribution in [3.8, 4) is 51.0 Å². The maximum Gasteiger partial charge on any atom is 0.164 e. The molecule has 0 amide bonds. The highest BCUT2D eigenvalue weighted by Gasteiger charge is 2.19. The lowest BCUT2D eigenvalue weighted by Gasteiger charge is -2.11. The molecule has 0 bridgehead atoms. The first-order valence-corrected chi connectivity index (χ1v) is 17.8. The van der Waals surface area contributed by atoms with E-state index in [4.69, 9.17) is 29.6 Å². The normalized spacial score (nSPS) is 11.7. The zero-order chi connectivity index (χ0) is 35.6. The molecule has 8 aromatic carbocycles. The molecule has 0 fully saturated rings. The topological polar surface area (TPSA) is 82.5 Å². The van der Waals surface area contributed by atoms with Crippen molar-refractivity contribution in [1.29, 1.82) is 0 Å². The van der Waals surface area contributed by atoms with Crippen molar-refractivity contribution in [3.05, 3.63) is 170 Å². The largest absolute Gasteiger partial charge is 0.456 e. The fourth-order valence-corrected chi connectivity index (χ4v) is 7.50. The minimum Gasteiger partial charge on any atom is -0.456 e. The molecule has 3 heterocycles. The third-order valence-electron chi connectivity index (χ3n) is 10.1. The summed E-state index contributed by atoms with van der Waals surface area (Å²) in [4.78, 5) is 17.1. The van der Waals surface area contributed by atoms with Gasteiger partial charge >= 0.3 is 0 Å². The lowest BCUT2D eigenvalue weighted by Crippen LogP contribution is -2.00. The first-order valence-electron chi connectivity index (χ1n) is 17.8. The van der Waals surface area contributed by atoms with Crippen LogP contribution in [-0.2, 0) is 0 Å². The SMILES string of the molecule is c1ccc(-c2ccc(-c3nc(-c4ccc5c(ccc6ccc7nn(-c8ccccc8)nc7c65)c4)nc(-c4cccc5oc6ccccc6c45)n3)cc2)cc1. The Kier molecular flexibility index (Phi) is 6.72. The quantitative estimate of drug-likeness (QED) is 0.167. The average Bonchev–Trinajstić information content (AvgIpc) is 3.86. The Labute approximate surface area is 308 Å². The molecule has 0 saturated carbocycles. The number of rotatable bonds is 5. The Balaban J connectivity index is 1.09. The van der Waals surface area contributed by atoms with Gasteiger partial charge in [0.2, 0.25) is 0 Å². The molecule has 3 aromatic heterocycles. The van der Waals surface area contributed by atoms with Crippen molar-refractivity contribution in [2.75, 3.05) is 0 Å². The van der Waals surface area contributed by atoms with E-state index in [-0.39, 0.29) is 0 Å². The van der Waals surface area contributed by atoms with Gasteiger partial charge in [-0.25, -0.2) is 15.0 Å². The molecule has 0 atom stereocenters. The van der Waals surface area contributed by atoms with Crippen LogP contribution < -0.4 is 0 Å². The van der Waals surface area contributed by atoms with E-state index >= 15 is 0 Å². The van der Waals surface area contributed by atoms with Crippen LogP contribution >= 0.6 is 0 Å². The van der Waals surface area contributed by atoms with E-state index in [1.54, 1.807) is 4.80 Å². The van der Waals surface area contributed by atoms with Gasteiger partial charge in [-0.15, -0.1) is 10.2 Å². The highest BCUT2D eigenvalue weighted by molar-refractivity contribution is 6.18. The fourth-order valence-electron chi connectivity index (χ4n) is 7.50. The first kappa shape index (κ1) is 30.1. The molecular weight excluding hydrogens is 665 g/mol. The number of furan rings is 1. The zero-order valence-corrected chi connectivity index (χ0v) is 28.8. The Morgan fingerprint density at radius 3 is 1.91 bits per heavy atom. The van der Waals surface area contributed by atoms with E-state index in [0.29, 0.717) is 17.5 Å². The molecule has 252 valence electrons. The molecule has 0 unspecified atom stereocenters. The van der Waals surface area contributed by atoms with Crippen molar-refractivity contribution >= 4 is 54.5 Å². The molecule has 0 spiro atoms. The van der Waals surface area contributed by atoms with Gasteiger partial charge in [-0.3, -0.25) is 0 Å². The monoisotopic (exact) mass is 692 g/mol. The van der Waals surface area contributed by atoms with Crippen LogP contribution in [0.5, 0.6) is 0 Å². The van der Waals surface area contributed by atoms with Crippen molar-refractivity contribution in [1.82, 2.24) is 29.9 Å². The average molecular weight is 693 g/mol. The van der Waals surface area contributed by atoms with Crippen LogP contribution in [0.15, 0.2) is 174 Å². The molecule has 0 aliphatic heterocycles. The highest BCUT2D eigenvalue weighted by atomic mass is 16.3. The predicted octanol–water partition coefficient (Wildman–Crippen LogP) is 11.5. The molecule has 11 aromatic rings.